The summed E-state index contributed by atoms with van der Waals surface area (Å²) in [5.41, 5.74) is 3.83. The molecule has 0 aliphatic carbocycles. The molecule has 26 heavy (non-hydrogen) atoms. The molecular weight excluding hydrogens is 344 g/mol. The van der Waals surface area contributed by atoms with Gasteiger partial charge < -0.3 is 9.88 Å². The lowest BCUT2D eigenvalue weighted by molar-refractivity contribution is 0.0628. The van der Waals surface area contributed by atoms with E-state index >= 15 is 0 Å². The molecule has 1 aliphatic rings. The molecule has 0 saturated carbocycles. The standard InChI is InChI=1S/C20H22N4OS/c1-26-17-5-2-15(3-6-17)13-23-8-10-24(11-9-23)20(25)16-4-7-18-19(12-16)22-14-21-18/h2-7,12,14H,8-11,13H2,1H3,(H,21,22). The average molecular weight is 366 g/mol. The van der Waals surface area contributed by atoms with E-state index in [-0.39, 0.29) is 5.91 Å². The highest BCUT2D eigenvalue weighted by Gasteiger charge is 2.22. The van der Waals surface area contributed by atoms with Crippen molar-refractivity contribution in [2.24, 2.45) is 0 Å². The van der Waals surface area contributed by atoms with Crippen LogP contribution in [0.25, 0.3) is 11.0 Å². The Bertz CT molecular complexity index is 898. The first-order valence-electron chi connectivity index (χ1n) is 8.80. The Morgan fingerprint density at radius 2 is 1.88 bits per heavy atom. The van der Waals surface area contributed by atoms with Crippen molar-refractivity contribution in [1.29, 1.82) is 0 Å². The lowest BCUT2D eigenvalue weighted by atomic mass is 10.1. The molecule has 0 unspecified atom stereocenters. The van der Waals surface area contributed by atoms with Crippen LogP contribution >= 0.6 is 11.8 Å². The summed E-state index contributed by atoms with van der Waals surface area (Å²) in [6, 6.07) is 14.4. The maximum Gasteiger partial charge on any atom is 0.254 e. The van der Waals surface area contributed by atoms with E-state index < -0.39 is 0 Å². The number of H-pyrrole nitrogens is 1. The van der Waals surface area contributed by atoms with E-state index in [0.29, 0.717) is 5.56 Å². The van der Waals surface area contributed by atoms with Gasteiger partial charge in [-0.2, -0.15) is 0 Å². The molecule has 1 saturated heterocycles. The van der Waals surface area contributed by atoms with E-state index in [2.05, 4.69) is 45.4 Å². The van der Waals surface area contributed by atoms with Crippen molar-refractivity contribution < 1.29 is 4.79 Å². The molecule has 0 atom stereocenters. The van der Waals surface area contributed by atoms with Crippen LogP contribution in [-0.2, 0) is 6.54 Å². The average Bonchev–Trinajstić information content (AvgIpc) is 3.16. The van der Waals surface area contributed by atoms with Gasteiger partial charge in [0.1, 0.15) is 0 Å². The fraction of sp³-hybridized carbons (Fsp3) is 0.300. The zero-order valence-electron chi connectivity index (χ0n) is 14.8. The topological polar surface area (TPSA) is 52.2 Å². The summed E-state index contributed by atoms with van der Waals surface area (Å²) in [4.78, 5) is 25.7. The van der Waals surface area contributed by atoms with E-state index in [1.807, 2.05) is 23.1 Å². The van der Waals surface area contributed by atoms with Gasteiger partial charge in [0.15, 0.2) is 0 Å². The summed E-state index contributed by atoms with van der Waals surface area (Å²) in [5, 5.41) is 0. The van der Waals surface area contributed by atoms with Crippen LogP contribution in [0.15, 0.2) is 53.7 Å². The highest BCUT2D eigenvalue weighted by Crippen LogP contribution is 2.18. The molecule has 1 fully saturated rings. The number of aromatic nitrogens is 2. The lowest BCUT2D eigenvalue weighted by Crippen LogP contribution is -2.48. The van der Waals surface area contributed by atoms with Gasteiger partial charge in [-0.25, -0.2) is 4.98 Å². The Morgan fingerprint density at radius 3 is 2.62 bits per heavy atom. The van der Waals surface area contributed by atoms with Gasteiger partial charge in [-0.1, -0.05) is 12.1 Å². The molecule has 6 heteroatoms. The van der Waals surface area contributed by atoms with Gasteiger partial charge in [-0.3, -0.25) is 9.69 Å². The molecule has 1 aromatic heterocycles. The number of piperazine rings is 1. The Hall–Kier alpha value is -2.31. The highest BCUT2D eigenvalue weighted by molar-refractivity contribution is 7.98. The van der Waals surface area contributed by atoms with E-state index in [9.17, 15) is 4.79 Å². The van der Waals surface area contributed by atoms with E-state index in [0.717, 1.165) is 43.8 Å². The number of fused-ring (bicyclic) bond motifs is 1. The molecule has 0 spiro atoms. The Balaban J connectivity index is 1.35. The number of nitrogens with zero attached hydrogens (tertiary/aromatic N) is 3. The van der Waals surface area contributed by atoms with Crippen molar-refractivity contribution in [2.45, 2.75) is 11.4 Å². The van der Waals surface area contributed by atoms with E-state index in [4.69, 9.17) is 0 Å². The quantitative estimate of drug-likeness (QED) is 0.720. The number of aromatic amines is 1. The van der Waals surface area contributed by atoms with Crippen LogP contribution in [0.3, 0.4) is 0 Å². The summed E-state index contributed by atoms with van der Waals surface area (Å²) in [6.45, 7) is 4.28. The monoisotopic (exact) mass is 366 g/mol. The second kappa shape index (κ2) is 7.51. The molecule has 2 heterocycles. The fourth-order valence-corrected chi connectivity index (χ4v) is 3.75. The maximum atomic E-state index is 12.8. The number of hydrogen-bond acceptors (Lipinski definition) is 4. The van der Waals surface area contributed by atoms with Crippen molar-refractivity contribution in [1.82, 2.24) is 19.8 Å². The predicted octanol–water partition coefficient (Wildman–Crippen LogP) is 3.24. The number of carbonyl (C=O) groups is 1. The number of thioether (sulfide) groups is 1. The van der Waals surface area contributed by atoms with Crippen molar-refractivity contribution >= 4 is 28.7 Å². The normalized spacial score (nSPS) is 15.5. The van der Waals surface area contributed by atoms with Gasteiger partial charge in [0.05, 0.1) is 17.4 Å². The first-order valence-corrected chi connectivity index (χ1v) is 10.0. The Labute approximate surface area is 157 Å². The van der Waals surface area contributed by atoms with Crippen LogP contribution in [0.5, 0.6) is 0 Å². The molecular formula is C20H22N4OS. The van der Waals surface area contributed by atoms with Crippen LogP contribution in [0, 0.1) is 0 Å². The minimum Gasteiger partial charge on any atom is -0.345 e. The van der Waals surface area contributed by atoms with Crippen LogP contribution in [0.1, 0.15) is 15.9 Å². The molecule has 1 aliphatic heterocycles. The van der Waals surface area contributed by atoms with Gasteiger partial charge in [0, 0.05) is 43.2 Å². The summed E-state index contributed by atoms with van der Waals surface area (Å²) >= 11 is 1.76. The summed E-state index contributed by atoms with van der Waals surface area (Å²) < 4.78 is 0. The highest BCUT2D eigenvalue weighted by atomic mass is 32.2. The molecule has 0 radical (unpaired) electrons. The molecule has 0 bridgehead atoms. The summed E-state index contributed by atoms with van der Waals surface area (Å²) in [5.74, 6) is 0.0962. The summed E-state index contributed by atoms with van der Waals surface area (Å²) in [6.07, 6.45) is 3.75. The van der Waals surface area contributed by atoms with Crippen molar-refractivity contribution in [2.75, 3.05) is 32.4 Å². The largest absolute Gasteiger partial charge is 0.345 e. The molecule has 4 rings (SSSR count). The second-order valence-electron chi connectivity index (χ2n) is 6.55. The minimum atomic E-state index is 0.0962. The van der Waals surface area contributed by atoms with E-state index in [1.165, 1.54) is 10.5 Å². The number of imidazole rings is 1. The van der Waals surface area contributed by atoms with E-state index in [1.54, 1.807) is 18.1 Å². The molecule has 134 valence electrons. The van der Waals surface area contributed by atoms with Crippen molar-refractivity contribution in [3.63, 3.8) is 0 Å². The molecule has 1 N–H and O–H groups in total. The number of benzene rings is 2. The first kappa shape index (κ1) is 17.1. The van der Waals surface area contributed by atoms with Crippen molar-refractivity contribution in [3.8, 4) is 0 Å². The third-order valence-corrected chi connectivity index (χ3v) is 5.64. The van der Waals surface area contributed by atoms with Gasteiger partial charge in [0.25, 0.3) is 5.91 Å². The first-order chi connectivity index (χ1) is 12.7. The maximum absolute atomic E-state index is 12.8. The molecule has 2 aromatic carbocycles. The smallest absolute Gasteiger partial charge is 0.254 e. The van der Waals surface area contributed by atoms with Crippen LogP contribution in [-0.4, -0.2) is 58.1 Å². The predicted molar refractivity (Wildman–Crippen MR) is 105 cm³/mol. The third kappa shape index (κ3) is 3.61. The number of carbonyl (C=O) groups excluding carboxylic acids is 1. The van der Waals surface area contributed by atoms with Gasteiger partial charge in [-0.15, -0.1) is 11.8 Å². The van der Waals surface area contributed by atoms with Crippen LogP contribution in [0.4, 0.5) is 0 Å². The zero-order chi connectivity index (χ0) is 17.9. The fourth-order valence-electron chi connectivity index (χ4n) is 3.35. The minimum absolute atomic E-state index is 0.0962. The van der Waals surface area contributed by atoms with Crippen LogP contribution in [0.2, 0.25) is 0 Å². The zero-order valence-corrected chi connectivity index (χ0v) is 15.6. The lowest BCUT2D eigenvalue weighted by Gasteiger charge is -2.34. The number of hydrogen-bond donors (Lipinski definition) is 1. The Kier molecular flexibility index (Phi) is 4.95. The van der Waals surface area contributed by atoms with Gasteiger partial charge in [-0.05, 0) is 42.2 Å². The Morgan fingerprint density at radius 1 is 1.12 bits per heavy atom. The van der Waals surface area contributed by atoms with Crippen molar-refractivity contribution in [3.05, 3.63) is 59.9 Å². The second-order valence-corrected chi connectivity index (χ2v) is 7.43. The SMILES string of the molecule is CSc1ccc(CN2CCN(C(=O)c3ccc4[nH]cnc4c3)CC2)cc1. The summed E-state index contributed by atoms with van der Waals surface area (Å²) in [7, 11) is 0. The van der Waals surface area contributed by atoms with Crippen LogP contribution < -0.4 is 0 Å². The molecule has 3 aromatic rings. The van der Waals surface area contributed by atoms with Gasteiger partial charge >= 0.3 is 0 Å². The third-order valence-electron chi connectivity index (χ3n) is 4.89. The molecule has 5 nitrogen and oxygen atoms in total. The number of nitrogens with one attached hydrogen (secondary N) is 1. The number of rotatable bonds is 4. The van der Waals surface area contributed by atoms with Gasteiger partial charge in [0.2, 0.25) is 0 Å². The molecule has 1 amide bonds. The number of amides is 1.